The molecule has 0 saturated heterocycles. The van der Waals surface area contributed by atoms with Gasteiger partial charge in [0.1, 0.15) is 0 Å². The molecule has 0 bridgehead atoms. The molecule has 4 rings (SSSR count). The van der Waals surface area contributed by atoms with Gasteiger partial charge in [0.25, 0.3) is 0 Å². The lowest BCUT2D eigenvalue weighted by Crippen LogP contribution is -2.43. The minimum atomic E-state index is -0.915. The lowest BCUT2D eigenvalue weighted by Gasteiger charge is -2.23. The molecule has 3 unspecified atom stereocenters. The van der Waals surface area contributed by atoms with Crippen molar-refractivity contribution in [3.63, 3.8) is 0 Å². The van der Waals surface area contributed by atoms with Crippen molar-refractivity contribution in [2.45, 2.75) is 38.5 Å². The summed E-state index contributed by atoms with van der Waals surface area (Å²) in [5.74, 6) is -4.17. The van der Waals surface area contributed by atoms with E-state index >= 15 is 0 Å². The van der Waals surface area contributed by atoms with Crippen LogP contribution in [0, 0.1) is 0 Å². The van der Waals surface area contributed by atoms with Crippen molar-refractivity contribution in [2.75, 3.05) is 10.1 Å². The van der Waals surface area contributed by atoms with Crippen LogP contribution in [0.2, 0.25) is 0 Å². The molecule has 10 heteroatoms. The molecule has 0 saturated carbocycles. The number of hydrazine groups is 2. The van der Waals surface area contributed by atoms with Crippen LogP contribution in [-0.4, -0.2) is 39.1 Å². The molecule has 1 aliphatic heterocycles. The summed E-state index contributed by atoms with van der Waals surface area (Å²) in [6.07, 6.45) is 0. The van der Waals surface area contributed by atoms with Gasteiger partial charge in [0.05, 0.1) is 29.1 Å². The predicted molar refractivity (Wildman–Crippen MR) is 142 cm³/mol. The highest BCUT2D eigenvalue weighted by molar-refractivity contribution is 6.11. The predicted octanol–water partition coefficient (Wildman–Crippen LogP) is 4.36. The quantitative estimate of drug-likeness (QED) is 0.326. The lowest BCUT2D eigenvalue weighted by molar-refractivity contribution is -0.139. The number of rotatable bonds is 9. The second kappa shape index (κ2) is 10.7. The number of carbonyl (C=O) groups is 3. The van der Waals surface area contributed by atoms with Crippen LogP contribution in [0.25, 0.3) is 0 Å². The Balaban J connectivity index is 1.69. The Labute approximate surface area is 219 Å². The van der Waals surface area contributed by atoms with Gasteiger partial charge in [-0.25, -0.2) is 5.01 Å². The highest BCUT2D eigenvalue weighted by Crippen LogP contribution is 2.28. The number of amidine groups is 1. The number of hydrogen-bond donors (Lipinski definition) is 4. The van der Waals surface area contributed by atoms with Gasteiger partial charge in [0.2, 0.25) is 0 Å². The Morgan fingerprint density at radius 3 is 1.39 bits per heavy atom. The van der Waals surface area contributed by atoms with Gasteiger partial charge in [0, 0.05) is 5.56 Å². The molecule has 0 amide bonds. The molecule has 38 heavy (non-hydrogen) atoms. The molecule has 10 nitrogen and oxygen atoms in total. The normalized spacial score (nSPS) is 15.5. The number of benzene rings is 3. The lowest BCUT2D eigenvalue weighted by atomic mass is 9.99. The summed E-state index contributed by atoms with van der Waals surface area (Å²) in [4.78, 5) is 34.1. The van der Waals surface area contributed by atoms with Crippen molar-refractivity contribution in [1.82, 2.24) is 5.53 Å². The van der Waals surface area contributed by atoms with Crippen LogP contribution in [0.15, 0.2) is 77.9 Å². The molecule has 196 valence electrons. The summed E-state index contributed by atoms with van der Waals surface area (Å²) in [6.45, 7) is 4.86. The molecular formula is C28H28N4O6. The van der Waals surface area contributed by atoms with Gasteiger partial charge in [0.15, 0.2) is 5.84 Å². The summed E-state index contributed by atoms with van der Waals surface area (Å²) in [5.41, 5.74) is 7.27. The van der Waals surface area contributed by atoms with Crippen LogP contribution < -0.4 is 15.7 Å². The number of carboxylic acid groups (broad SMARTS) is 3. The minimum absolute atomic E-state index is 0.529. The van der Waals surface area contributed by atoms with E-state index in [-0.39, 0.29) is 0 Å². The van der Waals surface area contributed by atoms with Crippen LogP contribution in [-0.2, 0) is 14.4 Å². The van der Waals surface area contributed by atoms with Crippen molar-refractivity contribution in [2.24, 2.45) is 5.10 Å². The maximum Gasteiger partial charge on any atom is 0.310 e. The molecule has 0 aromatic heterocycles. The van der Waals surface area contributed by atoms with E-state index < -0.39 is 35.7 Å². The molecule has 0 fully saturated rings. The number of anilines is 2. The highest BCUT2D eigenvalue weighted by Gasteiger charge is 2.28. The first kappa shape index (κ1) is 26.4. The van der Waals surface area contributed by atoms with E-state index in [1.807, 2.05) is 0 Å². The molecule has 4 N–H and O–H groups in total. The van der Waals surface area contributed by atoms with Gasteiger partial charge < -0.3 is 15.3 Å². The first-order valence-electron chi connectivity index (χ1n) is 12.0. The van der Waals surface area contributed by atoms with E-state index in [0.717, 1.165) is 5.56 Å². The fourth-order valence-electron chi connectivity index (χ4n) is 3.95. The Bertz CT molecular complexity index is 1370. The second-order valence-corrected chi connectivity index (χ2v) is 9.16. The molecule has 0 spiro atoms. The number of nitrogens with one attached hydrogen (secondary N) is 1. The Kier molecular flexibility index (Phi) is 7.45. The third kappa shape index (κ3) is 5.35. The van der Waals surface area contributed by atoms with Crippen molar-refractivity contribution in [1.29, 1.82) is 0 Å². The molecule has 1 heterocycles. The SMILES string of the molecule is CC(C(=O)O)c1ccc(C2=NN(c3ccc(C(C)C(=O)O)cc3)NN2c2ccc(C(C)C(=O)O)cc2)cc1. The number of aliphatic carboxylic acids is 3. The van der Waals surface area contributed by atoms with Crippen LogP contribution in [0.1, 0.15) is 60.8 Å². The van der Waals surface area contributed by atoms with Crippen LogP contribution in [0.5, 0.6) is 0 Å². The Morgan fingerprint density at radius 1 is 0.632 bits per heavy atom. The zero-order chi connectivity index (χ0) is 27.6. The van der Waals surface area contributed by atoms with E-state index in [1.54, 1.807) is 104 Å². The number of nitrogens with zero attached hydrogens (tertiary/aromatic N) is 3. The summed E-state index contributed by atoms with van der Waals surface area (Å²) in [6, 6.07) is 21.2. The molecule has 0 radical (unpaired) electrons. The zero-order valence-corrected chi connectivity index (χ0v) is 21.1. The summed E-state index contributed by atoms with van der Waals surface area (Å²) in [7, 11) is 0. The summed E-state index contributed by atoms with van der Waals surface area (Å²) in [5, 5.41) is 36.0. The first-order valence-corrected chi connectivity index (χ1v) is 12.0. The molecular weight excluding hydrogens is 488 g/mol. The Morgan fingerprint density at radius 2 is 1.00 bits per heavy atom. The number of carboxylic acids is 3. The first-order chi connectivity index (χ1) is 18.1. The van der Waals surface area contributed by atoms with E-state index in [4.69, 9.17) is 5.10 Å². The molecule has 1 aliphatic rings. The van der Waals surface area contributed by atoms with Crippen molar-refractivity contribution < 1.29 is 29.7 Å². The largest absolute Gasteiger partial charge is 0.481 e. The number of hydrogen-bond acceptors (Lipinski definition) is 7. The maximum absolute atomic E-state index is 11.4. The molecule has 0 aliphatic carbocycles. The average Bonchev–Trinajstić information content (AvgIpc) is 3.37. The third-order valence-electron chi connectivity index (χ3n) is 6.67. The van der Waals surface area contributed by atoms with Gasteiger partial charge in [-0.1, -0.05) is 48.5 Å². The van der Waals surface area contributed by atoms with Crippen LogP contribution in [0.3, 0.4) is 0 Å². The van der Waals surface area contributed by atoms with Gasteiger partial charge in [-0.15, -0.1) is 10.6 Å². The van der Waals surface area contributed by atoms with Gasteiger partial charge >= 0.3 is 17.9 Å². The third-order valence-corrected chi connectivity index (χ3v) is 6.67. The van der Waals surface area contributed by atoms with Crippen molar-refractivity contribution >= 4 is 35.1 Å². The average molecular weight is 517 g/mol. The van der Waals surface area contributed by atoms with Gasteiger partial charge in [-0.3, -0.25) is 14.4 Å². The fraction of sp³-hybridized carbons (Fsp3) is 0.214. The molecule has 3 atom stereocenters. The Hall–Kier alpha value is -4.70. The van der Waals surface area contributed by atoms with Gasteiger partial charge in [-0.05, 0) is 61.7 Å². The number of hydrazone groups is 1. The van der Waals surface area contributed by atoms with E-state index in [1.165, 1.54) is 0 Å². The summed E-state index contributed by atoms with van der Waals surface area (Å²) < 4.78 is 0. The topological polar surface area (TPSA) is 143 Å². The standard InChI is InChI=1S/C28H28N4O6/c1-16(26(33)34)19-4-6-22(7-5-19)25-29-32(24-14-10-21(11-15-24)18(3)28(37)38)30-31(25)23-12-8-20(9-13-23)17(2)27(35)36/h4-18,30H,1-3H3,(H,33,34)(H,35,36)(H,37,38). The fourth-order valence-corrected chi connectivity index (χ4v) is 3.95. The van der Waals surface area contributed by atoms with Gasteiger partial charge in [-0.2, -0.15) is 5.12 Å². The maximum atomic E-state index is 11.4. The molecule has 3 aromatic rings. The second-order valence-electron chi connectivity index (χ2n) is 9.16. The van der Waals surface area contributed by atoms with E-state index in [9.17, 15) is 29.7 Å². The zero-order valence-electron chi connectivity index (χ0n) is 21.1. The minimum Gasteiger partial charge on any atom is -0.481 e. The highest BCUT2D eigenvalue weighted by atomic mass is 16.4. The smallest absolute Gasteiger partial charge is 0.310 e. The van der Waals surface area contributed by atoms with E-state index in [0.29, 0.717) is 33.9 Å². The van der Waals surface area contributed by atoms with Crippen LogP contribution in [0.4, 0.5) is 11.4 Å². The van der Waals surface area contributed by atoms with Crippen molar-refractivity contribution in [3.8, 4) is 0 Å². The summed E-state index contributed by atoms with van der Waals surface area (Å²) >= 11 is 0. The monoisotopic (exact) mass is 516 g/mol. The van der Waals surface area contributed by atoms with Crippen molar-refractivity contribution in [3.05, 3.63) is 95.1 Å². The van der Waals surface area contributed by atoms with E-state index in [2.05, 4.69) is 5.53 Å². The molecule has 3 aromatic carbocycles. The van der Waals surface area contributed by atoms with Crippen LogP contribution >= 0.6 is 0 Å².